The summed E-state index contributed by atoms with van der Waals surface area (Å²) in [4.78, 5) is 37.1. The van der Waals surface area contributed by atoms with Gasteiger partial charge in [0.05, 0.1) is 18.4 Å². The Labute approximate surface area is 136 Å². The Morgan fingerprint density at radius 2 is 1.91 bits per heavy atom. The first kappa shape index (κ1) is 18.7. The van der Waals surface area contributed by atoms with E-state index in [2.05, 4.69) is 5.32 Å². The van der Waals surface area contributed by atoms with Gasteiger partial charge in [-0.05, 0) is 25.5 Å². The van der Waals surface area contributed by atoms with Gasteiger partial charge < -0.3 is 15.0 Å². The molecule has 0 saturated carbocycles. The van der Waals surface area contributed by atoms with Gasteiger partial charge >= 0.3 is 5.97 Å². The third kappa shape index (κ3) is 5.39. The molecule has 126 valence electrons. The molecule has 0 aliphatic carbocycles. The minimum absolute atomic E-state index is 0.0932. The molecule has 0 aromatic heterocycles. The van der Waals surface area contributed by atoms with Crippen molar-refractivity contribution in [2.75, 3.05) is 18.6 Å². The molecule has 6 heteroatoms. The Hall–Kier alpha value is -2.37. The second-order valence-corrected chi connectivity index (χ2v) is 5.31. The Kier molecular flexibility index (Phi) is 7.25. The molecular formula is C17H24N2O4. The van der Waals surface area contributed by atoms with Crippen molar-refractivity contribution in [1.82, 2.24) is 5.32 Å². The van der Waals surface area contributed by atoms with E-state index in [0.29, 0.717) is 11.3 Å². The minimum Gasteiger partial charge on any atom is -0.465 e. The second-order valence-electron chi connectivity index (χ2n) is 5.31. The van der Waals surface area contributed by atoms with Gasteiger partial charge in [-0.1, -0.05) is 19.1 Å². The van der Waals surface area contributed by atoms with Crippen LogP contribution in [0.4, 0.5) is 5.69 Å². The Bertz CT molecular complexity index is 571. The number of hydrogen-bond donors (Lipinski definition) is 1. The smallest absolute Gasteiger partial charge is 0.339 e. The zero-order valence-electron chi connectivity index (χ0n) is 14.1. The fourth-order valence-electron chi connectivity index (χ4n) is 2.10. The standard InChI is InChI=1S/C17H24N2O4/c1-5-12(2)18-16(21)10-11-19(13(3)20)15-9-7-6-8-14(15)17(22)23-4/h6-9,12H,5,10-11H2,1-4H3,(H,18,21). The maximum atomic E-state index is 11.9. The van der Waals surface area contributed by atoms with Crippen LogP contribution in [0.2, 0.25) is 0 Å². The highest BCUT2D eigenvalue weighted by Gasteiger charge is 2.20. The van der Waals surface area contributed by atoms with Gasteiger partial charge in [0, 0.05) is 25.9 Å². The topological polar surface area (TPSA) is 75.7 Å². The van der Waals surface area contributed by atoms with E-state index in [4.69, 9.17) is 4.74 Å². The fourth-order valence-corrected chi connectivity index (χ4v) is 2.10. The van der Waals surface area contributed by atoms with E-state index in [1.54, 1.807) is 24.3 Å². The number of carbonyl (C=O) groups is 3. The van der Waals surface area contributed by atoms with Gasteiger partial charge in [0.15, 0.2) is 0 Å². The number of rotatable bonds is 7. The number of amides is 2. The van der Waals surface area contributed by atoms with Gasteiger partial charge in [-0.15, -0.1) is 0 Å². The summed E-state index contributed by atoms with van der Waals surface area (Å²) in [5, 5.41) is 2.86. The maximum Gasteiger partial charge on any atom is 0.339 e. The van der Waals surface area contributed by atoms with Crippen LogP contribution in [0.1, 0.15) is 44.0 Å². The van der Waals surface area contributed by atoms with Gasteiger partial charge in [0.25, 0.3) is 0 Å². The second kappa shape index (κ2) is 8.92. The molecule has 0 radical (unpaired) electrons. The molecule has 0 saturated heterocycles. The summed E-state index contributed by atoms with van der Waals surface area (Å²) < 4.78 is 4.74. The van der Waals surface area contributed by atoms with E-state index < -0.39 is 5.97 Å². The van der Waals surface area contributed by atoms with Gasteiger partial charge in [-0.3, -0.25) is 9.59 Å². The molecule has 6 nitrogen and oxygen atoms in total. The zero-order valence-corrected chi connectivity index (χ0v) is 14.1. The molecule has 0 spiro atoms. The Morgan fingerprint density at radius 1 is 1.26 bits per heavy atom. The van der Waals surface area contributed by atoms with E-state index in [9.17, 15) is 14.4 Å². The summed E-state index contributed by atoms with van der Waals surface area (Å²) in [6.45, 7) is 5.51. The number of anilines is 1. The molecule has 2 amide bonds. The molecule has 0 fully saturated rings. The molecule has 0 aliphatic rings. The average Bonchev–Trinajstić information content (AvgIpc) is 2.54. The third-order valence-electron chi connectivity index (χ3n) is 3.56. The molecular weight excluding hydrogens is 296 g/mol. The number of esters is 1. The summed E-state index contributed by atoms with van der Waals surface area (Å²) in [6.07, 6.45) is 1.01. The van der Waals surface area contributed by atoms with Crippen LogP contribution in [0, 0.1) is 0 Å². The number of nitrogens with one attached hydrogen (secondary N) is 1. The fraction of sp³-hybridized carbons (Fsp3) is 0.471. The predicted octanol–water partition coefficient (Wildman–Crippen LogP) is 2.13. The van der Waals surface area contributed by atoms with E-state index in [1.165, 1.54) is 18.9 Å². The highest BCUT2D eigenvalue weighted by molar-refractivity contribution is 6.02. The van der Waals surface area contributed by atoms with Gasteiger partial charge in [-0.2, -0.15) is 0 Å². The van der Waals surface area contributed by atoms with Crippen LogP contribution >= 0.6 is 0 Å². The average molecular weight is 320 g/mol. The maximum absolute atomic E-state index is 11.9. The summed E-state index contributed by atoms with van der Waals surface area (Å²) in [5.74, 6) is -0.880. The SMILES string of the molecule is CCC(C)NC(=O)CCN(C(C)=O)c1ccccc1C(=O)OC. The lowest BCUT2D eigenvalue weighted by Gasteiger charge is -2.23. The lowest BCUT2D eigenvalue weighted by atomic mass is 10.1. The summed E-state index contributed by atoms with van der Waals surface area (Å²) >= 11 is 0. The molecule has 1 rings (SSSR count). The highest BCUT2D eigenvalue weighted by atomic mass is 16.5. The van der Waals surface area contributed by atoms with Crippen molar-refractivity contribution in [2.24, 2.45) is 0 Å². The Morgan fingerprint density at radius 3 is 2.48 bits per heavy atom. The summed E-state index contributed by atoms with van der Waals surface area (Å²) in [6, 6.07) is 6.78. The van der Waals surface area contributed by atoms with Crippen LogP contribution in [0.5, 0.6) is 0 Å². The molecule has 23 heavy (non-hydrogen) atoms. The monoisotopic (exact) mass is 320 g/mol. The molecule has 1 aromatic carbocycles. The van der Waals surface area contributed by atoms with Crippen molar-refractivity contribution in [3.05, 3.63) is 29.8 Å². The number of ether oxygens (including phenoxy) is 1. The molecule has 1 N–H and O–H groups in total. The van der Waals surface area contributed by atoms with Crippen LogP contribution in [0.25, 0.3) is 0 Å². The van der Waals surface area contributed by atoms with E-state index >= 15 is 0 Å². The van der Waals surface area contributed by atoms with Crippen LogP contribution in [-0.2, 0) is 14.3 Å². The predicted molar refractivity (Wildman–Crippen MR) is 88.3 cm³/mol. The van der Waals surface area contributed by atoms with Crippen molar-refractivity contribution < 1.29 is 19.1 Å². The minimum atomic E-state index is -0.518. The number of hydrogen-bond acceptors (Lipinski definition) is 4. The molecule has 0 heterocycles. The number of para-hydroxylation sites is 1. The van der Waals surface area contributed by atoms with Crippen molar-refractivity contribution in [3.8, 4) is 0 Å². The Balaban J connectivity index is 2.90. The summed E-state index contributed by atoms with van der Waals surface area (Å²) in [7, 11) is 1.29. The van der Waals surface area contributed by atoms with Crippen LogP contribution in [-0.4, -0.2) is 37.5 Å². The molecule has 1 aromatic rings. The van der Waals surface area contributed by atoms with Crippen molar-refractivity contribution in [1.29, 1.82) is 0 Å². The van der Waals surface area contributed by atoms with Crippen LogP contribution in [0.3, 0.4) is 0 Å². The third-order valence-corrected chi connectivity index (χ3v) is 3.56. The molecule has 1 unspecified atom stereocenters. The normalized spacial score (nSPS) is 11.5. The van der Waals surface area contributed by atoms with Crippen molar-refractivity contribution in [3.63, 3.8) is 0 Å². The lowest BCUT2D eigenvalue weighted by Crippen LogP contribution is -2.37. The van der Waals surface area contributed by atoms with E-state index in [0.717, 1.165) is 6.42 Å². The first-order valence-electron chi connectivity index (χ1n) is 7.65. The first-order chi connectivity index (χ1) is 10.9. The van der Waals surface area contributed by atoms with E-state index in [-0.39, 0.29) is 30.8 Å². The summed E-state index contributed by atoms with van der Waals surface area (Å²) in [5.41, 5.74) is 0.746. The first-order valence-corrected chi connectivity index (χ1v) is 7.65. The van der Waals surface area contributed by atoms with Crippen molar-refractivity contribution >= 4 is 23.5 Å². The number of methoxy groups -OCH3 is 1. The van der Waals surface area contributed by atoms with Gasteiger partial charge in [0.1, 0.15) is 0 Å². The zero-order chi connectivity index (χ0) is 17.4. The van der Waals surface area contributed by atoms with Crippen LogP contribution in [0.15, 0.2) is 24.3 Å². The lowest BCUT2D eigenvalue weighted by molar-refractivity contribution is -0.121. The number of nitrogens with zero attached hydrogens (tertiary/aromatic N) is 1. The number of benzene rings is 1. The van der Waals surface area contributed by atoms with Crippen LogP contribution < -0.4 is 10.2 Å². The van der Waals surface area contributed by atoms with Gasteiger partial charge in [0.2, 0.25) is 11.8 Å². The number of carbonyl (C=O) groups excluding carboxylic acids is 3. The van der Waals surface area contributed by atoms with Crippen molar-refractivity contribution in [2.45, 2.75) is 39.7 Å². The van der Waals surface area contributed by atoms with E-state index in [1.807, 2.05) is 13.8 Å². The highest BCUT2D eigenvalue weighted by Crippen LogP contribution is 2.21. The van der Waals surface area contributed by atoms with Gasteiger partial charge in [-0.25, -0.2) is 4.79 Å². The largest absolute Gasteiger partial charge is 0.465 e. The molecule has 0 bridgehead atoms. The molecule has 0 aliphatic heterocycles. The molecule has 1 atom stereocenters. The quantitative estimate of drug-likeness (QED) is 0.781.